The first kappa shape index (κ1) is 15.2. The zero-order chi connectivity index (χ0) is 15.2. The van der Waals surface area contributed by atoms with E-state index in [9.17, 15) is 14.7 Å². The van der Waals surface area contributed by atoms with E-state index < -0.39 is 5.97 Å². The topological polar surface area (TPSA) is 100.0 Å². The van der Waals surface area contributed by atoms with Crippen LogP contribution < -0.4 is 0 Å². The number of carboxylic acids is 1. The van der Waals surface area contributed by atoms with E-state index in [0.29, 0.717) is 31.5 Å². The number of carboxylic acid groups (broad SMARTS) is 1. The Morgan fingerprint density at radius 2 is 2.05 bits per heavy atom. The number of ether oxygens (including phenoxy) is 1. The van der Waals surface area contributed by atoms with Gasteiger partial charge in [0.25, 0.3) is 5.91 Å². The van der Waals surface area contributed by atoms with Gasteiger partial charge in [0.15, 0.2) is 0 Å². The van der Waals surface area contributed by atoms with Crippen LogP contribution in [0.5, 0.6) is 5.75 Å². The lowest BCUT2D eigenvalue weighted by Gasteiger charge is -2.31. The monoisotopic (exact) mass is 294 g/mol. The molecule has 0 radical (unpaired) electrons. The third kappa shape index (κ3) is 4.42. The molecule has 0 aliphatic carbocycles. The molecule has 1 fully saturated rings. The highest BCUT2D eigenvalue weighted by atomic mass is 16.5. The van der Waals surface area contributed by atoms with Crippen LogP contribution >= 0.6 is 0 Å². The standard InChI is InChI=1S/C14H18N2O5/c17-11-7-10(8-15-9-11)14(20)16-4-1-12(2-5-16)21-6-3-13(18)19/h7-9,12,17H,1-6H2,(H,18,19). The normalized spacial score (nSPS) is 15.9. The van der Waals surface area contributed by atoms with Crippen LogP contribution in [0, 0.1) is 0 Å². The Balaban J connectivity index is 1.81. The summed E-state index contributed by atoms with van der Waals surface area (Å²) in [5.41, 5.74) is 0.361. The van der Waals surface area contributed by atoms with Crippen molar-refractivity contribution in [3.05, 3.63) is 24.0 Å². The van der Waals surface area contributed by atoms with Gasteiger partial charge in [-0.25, -0.2) is 0 Å². The van der Waals surface area contributed by atoms with Crippen LogP contribution in [0.3, 0.4) is 0 Å². The van der Waals surface area contributed by atoms with Crippen molar-refractivity contribution in [1.82, 2.24) is 9.88 Å². The third-order valence-electron chi connectivity index (χ3n) is 3.37. The van der Waals surface area contributed by atoms with Gasteiger partial charge in [0.05, 0.1) is 30.9 Å². The molecule has 1 saturated heterocycles. The molecule has 0 atom stereocenters. The molecule has 114 valence electrons. The van der Waals surface area contributed by atoms with Gasteiger partial charge in [-0.3, -0.25) is 14.6 Å². The van der Waals surface area contributed by atoms with Crippen molar-refractivity contribution in [3.8, 4) is 5.75 Å². The maximum atomic E-state index is 12.2. The average molecular weight is 294 g/mol. The Bertz CT molecular complexity index is 512. The zero-order valence-corrected chi connectivity index (χ0v) is 11.6. The highest BCUT2D eigenvalue weighted by molar-refractivity contribution is 5.94. The Morgan fingerprint density at radius 3 is 2.67 bits per heavy atom. The number of amides is 1. The van der Waals surface area contributed by atoms with Crippen LogP contribution in [0.4, 0.5) is 0 Å². The van der Waals surface area contributed by atoms with Crippen molar-refractivity contribution in [2.75, 3.05) is 19.7 Å². The Kier molecular flexibility index (Phi) is 5.10. The lowest BCUT2D eigenvalue weighted by atomic mass is 10.1. The molecular formula is C14H18N2O5. The molecule has 0 saturated carbocycles. The van der Waals surface area contributed by atoms with Gasteiger partial charge in [-0.1, -0.05) is 0 Å². The van der Waals surface area contributed by atoms with Crippen molar-refractivity contribution in [2.24, 2.45) is 0 Å². The zero-order valence-electron chi connectivity index (χ0n) is 11.6. The number of hydrogen-bond donors (Lipinski definition) is 2. The van der Waals surface area contributed by atoms with Gasteiger partial charge in [0.2, 0.25) is 0 Å². The fraction of sp³-hybridized carbons (Fsp3) is 0.500. The number of likely N-dealkylation sites (tertiary alicyclic amines) is 1. The van der Waals surface area contributed by atoms with E-state index in [2.05, 4.69) is 4.98 Å². The van der Waals surface area contributed by atoms with Gasteiger partial charge in [-0.15, -0.1) is 0 Å². The second kappa shape index (κ2) is 7.03. The van der Waals surface area contributed by atoms with E-state index in [1.54, 1.807) is 4.90 Å². The molecule has 1 amide bonds. The van der Waals surface area contributed by atoms with Crippen molar-refractivity contribution in [1.29, 1.82) is 0 Å². The van der Waals surface area contributed by atoms with Crippen molar-refractivity contribution in [3.63, 3.8) is 0 Å². The number of aromatic nitrogens is 1. The number of hydrogen-bond acceptors (Lipinski definition) is 5. The molecular weight excluding hydrogens is 276 g/mol. The molecule has 7 nitrogen and oxygen atoms in total. The summed E-state index contributed by atoms with van der Waals surface area (Å²) in [5, 5.41) is 17.9. The summed E-state index contributed by atoms with van der Waals surface area (Å²) in [6.07, 6.45) is 4.05. The summed E-state index contributed by atoms with van der Waals surface area (Å²) in [5.74, 6) is -1.07. The second-order valence-electron chi connectivity index (χ2n) is 4.94. The molecule has 0 bridgehead atoms. The summed E-state index contributed by atoms with van der Waals surface area (Å²) in [7, 11) is 0. The van der Waals surface area contributed by atoms with Gasteiger partial charge in [0.1, 0.15) is 5.75 Å². The van der Waals surface area contributed by atoms with Gasteiger partial charge in [0, 0.05) is 19.3 Å². The van der Waals surface area contributed by atoms with Crippen LogP contribution in [-0.2, 0) is 9.53 Å². The summed E-state index contributed by atoms with van der Waals surface area (Å²) in [4.78, 5) is 28.1. The molecule has 21 heavy (non-hydrogen) atoms. The molecule has 1 aliphatic rings. The Hall–Kier alpha value is -2.15. The highest BCUT2D eigenvalue weighted by Crippen LogP contribution is 2.17. The molecule has 0 aromatic carbocycles. The smallest absolute Gasteiger partial charge is 0.305 e. The minimum Gasteiger partial charge on any atom is -0.506 e. The third-order valence-corrected chi connectivity index (χ3v) is 3.37. The maximum Gasteiger partial charge on any atom is 0.305 e. The molecule has 1 aliphatic heterocycles. The minimum absolute atomic E-state index is 0.00398. The summed E-state index contributed by atoms with van der Waals surface area (Å²) in [6, 6.07) is 1.39. The largest absolute Gasteiger partial charge is 0.506 e. The maximum absolute atomic E-state index is 12.2. The summed E-state index contributed by atoms with van der Waals surface area (Å²) >= 11 is 0. The number of piperidine rings is 1. The molecule has 2 rings (SSSR count). The molecule has 7 heteroatoms. The Labute approximate surface area is 122 Å². The number of carbonyl (C=O) groups excluding carboxylic acids is 1. The van der Waals surface area contributed by atoms with Crippen LogP contribution in [-0.4, -0.2) is 57.8 Å². The lowest BCUT2D eigenvalue weighted by Crippen LogP contribution is -2.41. The average Bonchev–Trinajstić information content (AvgIpc) is 2.47. The molecule has 2 N–H and O–H groups in total. The molecule has 0 spiro atoms. The van der Waals surface area contributed by atoms with Crippen LogP contribution in [0.15, 0.2) is 18.5 Å². The fourth-order valence-electron chi connectivity index (χ4n) is 2.27. The van der Waals surface area contributed by atoms with Crippen molar-refractivity contribution in [2.45, 2.75) is 25.4 Å². The first-order valence-electron chi connectivity index (χ1n) is 6.83. The quantitative estimate of drug-likeness (QED) is 0.836. The lowest BCUT2D eigenvalue weighted by molar-refractivity contribution is -0.138. The fourth-order valence-corrected chi connectivity index (χ4v) is 2.27. The van der Waals surface area contributed by atoms with Gasteiger partial charge >= 0.3 is 5.97 Å². The summed E-state index contributed by atoms with van der Waals surface area (Å²) in [6.45, 7) is 1.29. The van der Waals surface area contributed by atoms with Crippen molar-refractivity contribution >= 4 is 11.9 Å². The summed E-state index contributed by atoms with van der Waals surface area (Å²) < 4.78 is 5.48. The van der Waals surface area contributed by atoms with Crippen LogP contribution in [0.2, 0.25) is 0 Å². The number of aliphatic carboxylic acids is 1. The predicted molar refractivity (Wildman–Crippen MR) is 73.0 cm³/mol. The second-order valence-corrected chi connectivity index (χ2v) is 4.94. The van der Waals surface area contributed by atoms with Gasteiger partial charge < -0.3 is 19.8 Å². The van der Waals surface area contributed by atoms with E-state index in [1.807, 2.05) is 0 Å². The number of aromatic hydroxyl groups is 1. The highest BCUT2D eigenvalue weighted by Gasteiger charge is 2.24. The number of carbonyl (C=O) groups is 2. The first-order valence-corrected chi connectivity index (χ1v) is 6.83. The van der Waals surface area contributed by atoms with E-state index in [0.717, 1.165) is 0 Å². The van der Waals surface area contributed by atoms with Crippen LogP contribution in [0.25, 0.3) is 0 Å². The molecule has 2 heterocycles. The number of pyridine rings is 1. The van der Waals surface area contributed by atoms with E-state index >= 15 is 0 Å². The molecule has 0 unspecified atom stereocenters. The van der Waals surface area contributed by atoms with E-state index in [-0.39, 0.29) is 30.8 Å². The van der Waals surface area contributed by atoms with Crippen molar-refractivity contribution < 1.29 is 24.5 Å². The molecule has 1 aromatic rings. The number of rotatable bonds is 5. The minimum atomic E-state index is -0.876. The predicted octanol–water partition coefficient (Wildman–Crippen LogP) is 0.883. The van der Waals surface area contributed by atoms with Gasteiger partial charge in [-0.05, 0) is 18.9 Å². The molecule has 1 aromatic heterocycles. The van der Waals surface area contributed by atoms with E-state index in [1.165, 1.54) is 18.5 Å². The first-order chi connectivity index (χ1) is 10.1. The van der Waals surface area contributed by atoms with Crippen LogP contribution in [0.1, 0.15) is 29.6 Å². The van der Waals surface area contributed by atoms with Gasteiger partial charge in [-0.2, -0.15) is 0 Å². The Morgan fingerprint density at radius 1 is 1.33 bits per heavy atom. The van der Waals surface area contributed by atoms with E-state index in [4.69, 9.17) is 9.84 Å². The number of nitrogens with zero attached hydrogens (tertiary/aromatic N) is 2. The SMILES string of the molecule is O=C(O)CCOC1CCN(C(=O)c2cncc(O)c2)CC1.